The quantitative estimate of drug-likeness (QED) is 0.801. The number of amides is 1. The van der Waals surface area contributed by atoms with Gasteiger partial charge in [-0.3, -0.25) is 9.59 Å². The molecule has 0 radical (unpaired) electrons. The van der Waals surface area contributed by atoms with Crippen molar-refractivity contribution >= 4 is 33.3 Å². The van der Waals surface area contributed by atoms with Crippen LogP contribution in [0.2, 0.25) is 0 Å². The summed E-state index contributed by atoms with van der Waals surface area (Å²) in [5.74, 6) is -0.563. The third-order valence-electron chi connectivity index (χ3n) is 3.77. The van der Waals surface area contributed by atoms with Gasteiger partial charge in [0, 0.05) is 11.8 Å². The summed E-state index contributed by atoms with van der Waals surface area (Å²) in [6.07, 6.45) is -0.218. The molecule has 1 aromatic carbocycles. The zero-order valence-electron chi connectivity index (χ0n) is 14.1. The lowest BCUT2D eigenvalue weighted by atomic mass is 9.98. The number of hydrogen-bond donors (Lipinski definition) is 2. The molecular weight excluding hydrogens is 330 g/mol. The monoisotopic (exact) mass is 351 g/mol. The van der Waals surface area contributed by atoms with Crippen LogP contribution in [0.4, 0.5) is 0 Å². The number of carboxylic acid groups (broad SMARTS) is 1. The fourth-order valence-corrected chi connectivity index (χ4v) is 3.74. The molecule has 1 atom stereocenters. The van der Waals surface area contributed by atoms with E-state index in [1.807, 2.05) is 25.1 Å². The fourth-order valence-electron chi connectivity index (χ4n) is 2.66. The molecule has 1 heterocycles. The third-order valence-corrected chi connectivity index (χ3v) is 5.04. The van der Waals surface area contributed by atoms with Crippen molar-refractivity contribution in [3.63, 3.8) is 0 Å². The molecule has 2 aromatic rings. The van der Waals surface area contributed by atoms with Crippen LogP contribution in [0.3, 0.4) is 0 Å². The summed E-state index contributed by atoms with van der Waals surface area (Å²) in [6.45, 7) is 3.65. The van der Waals surface area contributed by atoms with Crippen molar-refractivity contribution in [1.29, 1.82) is 0 Å². The third kappa shape index (κ3) is 3.85. The minimum Gasteiger partial charge on any atom is -0.497 e. The van der Waals surface area contributed by atoms with E-state index in [2.05, 4.69) is 5.32 Å². The minimum absolute atomic E-state index is 0.114. The molecular formula is C17H21NO5S. The molecule has 2 N–H and O–H groups in total. The highest BCUT2D eigenvalue weighted by Crippen LogP contribution is 2.33. The van der Waals surface area contributed by atoms with Gasteiger partial charge in [-0.25, -0.2) is 0 Å². The molecule has 130 valence electrons. The van der Waals surface area contributed by atoms with Crippen LogP contribution < -0.4 is 10.1 Å². The Morgan fingerprint density at radius 1 is 1.33 bits per heavy atom. The van der Waals surface area contributed by atoms with Gasteiger partial charge in [0.25, 0.3) is 5.91 Å². The molecule has 24 heavy (non-hydrogen) atoms. The Morgan fingerprint density at radius 3 is 2.62 bits per heavy atom. The number of ether oxygens (including phenoxy) is 2. The zero-order valence-corrected chi connectivity index (χ0v) is 15.0. The van der Waals surface area contributed by atoms with Gasteiger partial charge < -0.3 is 19.9 Å². The maximum Gasteiger partial charge on any atom is 0.305 e. The predicted molar refractivity (Wildman–Crippen MR) is 93.1 cm³/mol. The molecule has 0 fully saturated rings. The van der Waals surface area contributed by atoms with E-state index < -0.39 is 11.5 Å². The molecule has 1 amide bonds. The molecule has 1 aromatic heterocycles. The van der Waals surface area contributed by atoms with Crippen molar-refractivity contribution in [1.82, 2.24) is 5.32 Å². The van der Waals surface area contributed by atoms with Crippen LogP contribution >= 0.6 is 11.3 Å². The van der Waals surface area contributed by atoms with E-state index in [1.165, 1.54) is 18.4 Å². The first-order valence-electron chi connectivity index (χ1n) is 7.40. The van der Waals surface area contributed by atoms with E-state index >= 15 is 0 Å². The predicted octanol–water partition coefficient (Wildman–Crippen LogP) is 2.83. The van der Waals surface area contributed by atoms with Crippen molar-refractivity contribution in [2.24, 2.45) is 0 Å². The fraction of sp³-hybridized carbons (Fsp3) is 0.412. The average Bonchev–Trinajstić information content (AvgIpc) is 2.83. The number of hydrogen-bond acceptors (Lipinski definition) is 5. The maximum absolute atomic E-state index is 12.7. The van der Waals surface area contributed by atoms with Crippen molar-refractivity contribution in [2.75, 3.05) is 20.8 Å². The lowest BCUT2D eigenvalue weighted by molar-refractivity contribution is -0.139. The van der Waals surface area contributed by atoms with E-state index in [4.69, 9.17) is 14.6 Å². The van der Waals surface area contributed by atoms with Crippen LogP contribution in [0.15, 0.2) is 18.2 Å². The summed E-state index contributed by atoms with van der Waals surface area (Å²) in [5.41, 5.74) is -0.126. The van der Waals surface area contributed by atoms with Gasteiger partial charge in [0.1, 0.15) is 5.75 Å². The Hall–Kier alpha value is -2.12. The number of aryl methyl sites for hydroxylation is 1. The van der Waals surface area contributed by atoms with Gasteiger partial charge in [-0.2, -0.15) is 0 Å². The van der Waals surface area contributed by atoms with E-state index in [-0.39, 0.29) is 18.9 Å². The number of nitrogens with one attached hydrogen (secondary N) is 1. The van der Waals surface area contributed by atoms with Crippen LogP contribution in [0.1, 0.15) is 28.6 Å². The van der Waals surface area contributed by atoms with Crippen LogP contribution in [-0.2, 0) is 9.53 Å². The van der Waals surface area contributed by atoms with Crippen LogP contribution in [0, 0.1) is 6.92 Å². The topological polar surface area (TPSA) is 84.9 Å². The Kier molecular flexibility index (Phi) is 5.46. The number of benzene rings is 1. The minimum atomic E-state index is -0.993. The van der Waals surface area contributed by atoms with Crippen LogP contribution in [0.25, 0.3) is 10.1 Å². The number of carbonyl (C=O) groups excluding carboxylic acids is 1. The summed E-state index contributed by atoms with van der Waals surface area (Å²) < 4.78 is 11.3. The van der Waals surface area contributed by atoms with E-state index in [0.717, 1.165) is 21.4 Å². The molecule has 0 spiro atoms. The molecule has 0 aliphatic carbocycles. The van der Waals surface area contributed by atoms with E-state index in [1.54, 1.807) is 14.0 Å². The number of thiophene rings is 1. The Balaban J connectivity index is 2.33. The number of aliphatic carboxylic acids is 1. The van der Waals surface area contributed by atoms with Gasteiger partial charge in [-0.15, -0.1) is 11.3 Å². The number of carboxylic acids is 1. The highest BCUT2D eigenvalue weighted by molar-refractivity contribution is 7.21. The second kappa shape index (κ2) is 7.19. The smallest absolute Gasteiger partial charge is 0.305 e. The highest BCUT2D eigenvalue weighted by Gasteiger charge is 2.31. The molecule has 0 bridgehead atoms. The van der Waals surface area contributed by atoms with Crippen molar-refractivity contribution in [3.8, 4) is 5.75 Å². The summed E-state index contributed by atoms with van der Waals surface area (Å²) in [7, 11) is 3.07. The first kappa shape index (κ1) is 18.2. The SMILES string of the molecule is COCC(C)(CC(=O)O)NC(=O)c1sc2ccc(OC)cc2c1C. The lowest BCUT2D eigenvalue weighted by Crippen LogP contribution is -2.50. The Morgan fingerprint density at radius 2 is 2.04 bits per heavy atom. The molecule has 0 aliphatic rings. The Labute approximate surface area is 144 Å². The summed E-state index contributed by atoms with van der Waals surface area (Å²) in [6, 6.07) is 5.65. The van der Waals surface area contributed by atoms with Crippen LogP contribution in [-0.4, -0.2) is 43.3 Å². The first-order chi connectivity index (χ1) is 11.3. The van der Waals surface area contributed by atoms with E-state index in [9.17, 15) is 9.59 Å². The van der Waals surface area contributed by atoms with Gasteiger partial charge in [0.2, 0.25) is 0 Å². The van der Waals surface area contributed by atoms with Gasteiger partial charge in [0.05, 0.1) is 30.6 Å². The maximum atomic E-state index is 12.7. The molecule has 0 aliphatic heterocycles. The highest BCUT2D eigenvalue weighted by atomic mass is 32.1. The molecule has 0 saturated carbocycles. The molecule has 2 rings (SSSR count). The zero-order chi connectivity index (χ0) is 17.9. The Bertz CT molecular complexity index is 770. The second-order valence-electron chi connectivity index (χ2n) is 5.94. The van der Waals surface area contributed by atoms with Gasteiger partial charge in [-0.05, 0) is 43.0 Å². The molecule has 6 nitrogen and oxygen atoms in total. The van der Waals surface area contributed by atoms with Crippen LogP contribution in [0.5, 0.6) is 5.75 Å². The largest absolute Gasteiger partial charge is 0.497 e. The summed E-state index contributed by atoms with van der Waals surface area (Å²) in [5, 5.41) is 12.8. The number of rotatable bonds is 7. The molecule has 7 heteroatoms. The summed E-state index contributed by atoms with van der Waals surface area (Å²) in [4.78, 5) is 24.3. The van der Waals surface area contributed by atoms with Crippen molar-refractivity contribution in [3.05, 3.63) is 28.6 Å². The number of methoxy groups -OCH3 is 2. The summed E-state index contributed by atoms with van der Waals surface area (Å²) >= 11 is 1.37. The van der Waals surface area contributed by atoms with E-state index in [0.29, 0.717) is 4.88 Å². The van der Waals surface area contributed by atoms with Gasteiger partial charge >= 0.3 is 5.97 Å². The first-order valence-corrected chi connectivity index (χ1v) is 8.21. The number of fused-ring (bicyclic) bond motifs is 1. The second-order valence-corrected chi connectivity index (χ2v) is 6.99. The number of carbonyl (C=O) groups is 2. The van der Waals surface area contributed by atoms with Crippen molar-refractivity contribution < 1.29 is 24.2 Å². The standard InChI is InChI=1S/C17H21NO5S/c1-10-12-7-11(23-4)5-6-13(12)24-15(10)16(21)18-17(2,9-22-3)8-14(19)20/h5-7H,8-9H2,1-4H3,(H,18,21)(H,19,20). The average molecular weight is 351 g/mol. The lowest BCUT2D eigenvalue weighted by Gasteiger charge is -2.28. The van der Waals surface area contributed by atoms with Gasteiger partial charge in [0.15, 0.2) is 0 Å². The van der Waals surface area contributed by atoms with Crippen molar-refractivity contribution in [2.45, 2.75) is 25.8 Å². The molecule has 1 unspecified atom stereocenters. The normalized spacial score (nSPS) is 13.5. The molecule has 0 saturated heterocycles. The van der Waals surface area contributed by atoms with Gasteiger partial charge in [-0.1, -0.05) is 0 Å².